The van der Waals surface area contributed by atoms with Gasteiger partial charge in [-0.05, 0) is 31.9 Å². The summed E-state index contributed by atoms with van der Waals surface area (Å²) in [6, 6.07) is 4.05. The molecule has 1 rings (SSSR count). The van der Waals surface area contributed by atoms with Crippen molar-refractivity contribution in [2.75, 3.05) is 0 Å². The van der Waals surface area contributed by atoms with Crippen LogP contribution in [0.4, 0.5) is 0 Å². The molecule has 0 amide bonds. The maximum atomic E-state index is 10.6. The van der Waals surface area contributed by atoms with Crippen molar-refractivity contribution >= 4 is 6.29 Å². The molecule has 0 aliphatic heterocycles. The molecule has 12 heavy (non-hydrogen) atoms. The van der Waals surface area contributed by atoms with Gasteiger partial charge in [-0.3, -0.25) is 4.79 Å². The first-order valence-corrected chi connectivity index (χ1v) is 3.68. The van der Waals surface area contributed by atoms with E-state index in [2.05, 4.69) is 0 Å². The molecule has 0 atom stereocenters. The maximum Gasteiger partial charge on any atom is 0.150 e. The molecule has 0 saturated heterocycles. The predicted octanol–water partition coefficient (Wildman–Crippen LogP) is 2.42. The zero-order chi connectivity index (χ0) is 8.43. The fraction of sp³-hybridized carbons (Fsp3) is 0.300. The molecular weight excluding hydrogens is 184 g/mol. The summed E-state index contributed by atoms with van der Waals surface area (Å²) in [7, 11) is 0. The van der Waals surface area contributed by atoms with Gasteiger partial charge in [0, 0.05) is 27.3 Å². The standard InChI is InChI=1S/C10H12O.Ti/c1-7-4-8(2)10(6-11)9(3)5-7;/h4-6H,1-3H3;. The minimum absolute atomic E-state index is 0. The van der Waals surface area contributed by atoms with Crippen LogP contribution in [0.1, 0.15) is 27.0 Å². The number of hydrogen-bond donors (Lipinski definition) is 0. The molecule has 1 aromatic carbocycles. The van der Waals surface area contributed by atoms with Crippen molar-refractivity contribution in [2.24, 2.45) is 0 Å². The van der Waals surface area contributed by atoms with E-state index in [0.29, 0.717) is 0 Å². The second kappa shape index (κ2) is 4.59. The first kappa shape index (κ1) is 11.6. The Labute approximate surface area is 88.1 Å². The molecule has 0 saturated carbocycles. The molecule has 0 heterocycles. The van der Waals surface area contributed by atoms with E-state index in [1.54, 1.807) is 0 Å². The number of aldehydes is 1. The van der Waals surface area contributed by atoms with Gasteiger partial charge in [-0.2, -0.15) is 0 Å². The van der Waals surface area contributed by atoms with Gasteiger partial charge in [0.25, 0.3) is 0 Å². The molecule has 1 aromatic rings. The van der Waals surface area contributed by atoms with Crippen molar-refractivity contribution in [1.29, 1.82) is 0 Å². The molecule has 0 radical (unpaired) electrons. The van der Waals surface area contributed by atoms with Crippen LogP contribution in [0.25, 0.3) is 0 Å². The SMILES string of the molecule is Cc1cc(C)c(C=O)c(C)c1.[Ti]. The van der Waals surface area contributed by atoms with Crippen LogP contribution < -0.4 is 0 Å². The number of hydrogen-bond acceptors (Lipinski definition) is 1. The van der Waals surface area contributed by atoms with E-state index in [4.69, 9.17) is 0 Å². The van der Waals surface area contributed by atoms with E-state index in [1.165, 1.54) is 5.56 Å². The molecule has 1 nitrogen and oxygen atoms in total. The van der Waals surface area contributed by atoms with Crippen molar-refractivity contribution in [3.05, 3.63) is 34.4 Å². The Morgan fingerprint density at radius 2 is 1.50 bits per heavy atom. The Morgan fingerprint density at radius 3 is 1.83 bits per heavy atom. The van der Waals surface area contributed by atoms with Crippen LogP contribution in [0.15, 0.2) is 12.1 Å². The monoisotopic (exact) mass is 196 g/mol. The average Bonchev–Trinajstić information content (AvgIpc) is 1.85. The third-order valence-corrected chi connectivity index (χ3v) is 1.86. The van der Waals surface area contributed by atoms with Crippen LogP contribution in [0.5, 0.6) is 0 Å². The molecule has 0 unspecified atom stereocenters. The summed E-state index contributed by atoms with van der Waals surface area (Å²) in [5.74, 6) is 0. The van der Waals surface area contributed by atoms with Crippen LogP contribution in [-0.2, 0) is 21.7 Å². The number of carbonyl (C=O) groups excluding carboxylic acids is 1. The van der Waals surface area contributed by atoms with Gasteiger partial charge < -0.3 is 0 Å². The fourth-order valence-corrected chi connectivity index (χ4v) is 1.38. The summed E-state index contributed by atoms with van der Waals surface area (Å²) < 4.78 is 0. The van der Waals surface area contributed by atoms with E-state index >= 15 is 0 Å². The van der Waals surface area contributed by atoms with E-state index < -0.39 is 0 Å². The van der Waals surface area contributed by atoms with Crippen LogP contribution in [0, 0.1) is 20.8 Å². The Morgan fingerprint density at radius 1 is 1.08 bits per heavy atom. The summed E-state index contributed by atoms with van der Waals surface area (Å²) >= 11 is 0. The molecule has 0 spiro atoms. The molecule has 0 aliphatic carbocycles. The fourth-order valence-electron chi connectivity index (χ4n) is 1.38. The van der Waals surface area contributed by atoms with Gasteiger partial charge >= 0.3 is 0 Å². The van der Waals surface area contributed by atoms with Crippen molar-refractivity contribution in [2.45, 2.75) is 20.8 Å². The second-order valence-corrected chi connectivity index (χ2v) is 2.93. The summed E-state index contributed by atoms with van der Waals surface area (Å²) in [6.07, 6.45) is 0.921. The third-order valence-electron chi connectivity index (χ3n) is 1.86. The summed E-state index contributed by atoms with van der Waals surface area (Å²) in [5, 5.41) is 0. The molecule has 0 fully saturated rings. The maximum absolute atomic E-state index is 10.6. The zero-order valence-electron chi connectivity index (χ0n) is 7.64. The van der Waals surface area contributed by atoms with Crippen LogP contribution in [-0.4, -0.2) is 6.29 Å². The first-order valence-electron chi connectivity index (χ1n) is 3.68. The topological polar surface area (TPSA) is 17.1 Å². The normalized spacial score (nSPS) is 8.92. The van der Waals surface area contributed by atoms with Gasteiger partial charge in [0.2, 0.25) is 0 Å². The van der Waals surface area contributed by atoms with Gasteiger partial charge in [0.15, 0.2) is 6.29 Å². The summed E-state index contributed by atoms with van der Waals surface area (Å²) in [4.78, 5) is 10.6. The van der Waals surface area contributed by atoms with Gasteiger partial charge in [0.05, 0.1) is 0 Å². The Kier molecular flexibility index (Phi) is 4.43. The van der Waals surface area contributed by atoms with Crippen LogP contribution in [0.3, 0.4) is 0 Å². The second-order valence-electron chi connectivity index (χ2n) is 2.93. The quantitative estimate of drug-likeness (QED) is 0.498. The third kappa shape index (κ3) is 2.29. The van der Waals surface area contributed by atoms with Crippen LogP contribution in [0.2, 0.25) is 0 Å². The molecule has 0 N–H and O–H groups in total. The van der Waals surface area contributed by atoms with Gasteiger partial charge in [0.1, 0.15) is 0 Å². The first-order chi connectivity index (χ1) is 5.15. The molecule has 2 heteroatoms. The zero-order valence-corrected chi connectivity index (χ0v) is 9.20. The molecule has 0 aliphatic rings. The van der Waals surface area contributed by atoms with Crippen molar-refractivity contribution in [3.8, 4) is 0 Å². The van der Waals surface area contributed by atoms with E-state index in [9.17, 15) is 4.79 Å². The molecule has 62 valence electrons. The number of aryl methyl sites for hydroxylation is 3. The minimum Gasteiger partial charge on any atom is -0.298 e. The number of carbonyl (C=O) groups is 1. The van der Waals surface area contributed by atoms with Gasteiger partial charge in [-0.25, -0.2) is 0 Å². The predicted molar refractivity (Wildman–Crippen MR) is 46.0 cm³/mol. The molecular formula is C10H12OTi. The smallest absolute Gasteiger partial charge is 0.150 e. The van der Waals surface area contributed by atoms with Gasteiger partial charge in [-0.1, -0.05) is 17.7 Å². The Balaban J connectivity index is 0.00000121. The summed E-state index contributed by atoms with van der Waals surface area (Å²) in [5.41, 5.74) is 4.18. The summed E-state index contributed by atoms with van der Waals surface area (Å²) in [6.45, 7) is 5.96. The Hall–Kier alpha value is -0.396. The van der Waals surface area contributed by atoms with Gasteiger partial charge in [-0.15, -0.1) is 0 Å². The van der Waals surface area contributed by atoms with Crippen molar-refractivity contribution in [1.82, 2.24) is 0 Å². The van der Waals surface area contributed by atoms with Crippen LogP contribution >= 0.6 is 0 Å². The average molecular weight is 196 g/mol. The van der Waals surface area contributed by atoms with Crippen molar-refractivity contribution < 1.29 is 26.5 Å². The van der Waals surface area contributed by atoms with E-state index in [0.717, 1.165) is 23.0 Å². The van der Waals surface area contributed by atoms with E-state index in [1.807, 2.05) is 32.9 Å². The largest absolute Gasteiger partial charge is 0.298 e. The number of rotatable bonds is 1. The van der Waals surface area contributed by atoms with E-state index in [-0.39, 0.29) is 21.7 Å². The molecule has 0 bridgehead atoms. The van der Waals surface area contributed by atoms with Crippen molar-refractivity contribution in [3.63, 3.8) is 0 Å². The molecule has 0 aromatic heterocycles. The Bertz CT molecular complexity index is 269. The number of benzene rings is 1. The minimum atomic E-state index is 0.